The Morgan fingerprint density at radius 1 is 1.18 bits per heavy atom. The van der Waals surface area contributed by atoms with Crippen molar-refractivity contribution in [2.75, 3.05) is 20.1 Å². The van der Waals surface area contributed by atoms with Crippen LogP contribution in [-0.4, -0.2) is 30.8 Å². The molecule has 0 atom stereocenters. The minimum atomic E-state index is -0.174. The Hall–Kier alpha value is -0.370. The molecular formula is C15H29NO. The van der Waals surface area contributed by atoms with E-state index in [0.29, 0.717) is 5.78 Å². The van der Waals surface area contributed by atoms with Crippen LogP contribution >= 0.6 is 0 Å². The largest absolute Gasteiger partial charge is 0.306 e. The number of rotatable bonds is 4. The van der Waals surface area contributed by atoms with Crippen LogP contribution in [-0.2, 0) is 4.79 Å². The Morgan fingerprint density at radius 3 is 2.06 bits per heavy atom. The Kier molecular flexibility index (Phi) is 4.40. The molecule has 1 aliphatic rings. The van der Waals surface area contributed by atoms with Crippen LogP contribution in [0.2, 0.25) is 0 Å². The molecule has 0 unspecified atom stereocenters. The molecule has 0 amide bonds. The van der Waals surface area contributed by atoms with E-state index < -0.39 is 0 Å². The second kappa shape index (κ2) is 5.09. The maximum absolute atomic E-state index is 11.7. The van der Waals surface area contributed by atoms with Crippen molar-refractivity contribution in [2.45, 2.75) is 53.9 Å². The fraction of sp³-hybridized carbons (Fsp3) is 0.933. The van der Waals surface area contributed by atoms with Crippen LogP contribution in [0.25, 0.3) is 0 Å². The number of likely N-dealkylation sites (tertiary alicyclic amines) is 1. The lowest BCUT2D eigenvalue weighted by molar-refractivity contribution is -0.127. The summed E-state index contributed by atoms with van der Waals surface area (Å²) in [7, 11) is 2.20. The van der Waals surface area contributed by atoms with Gasteiger partial charge in [-0.2, -0.15) is 0 Å². The van der Waals surface area contributed by atoms with E-state index in [9.17, 15) is 4.79 Å². The van der Waals surface area contributed by atoms with Crippen LogP contribution in [0.5, 0.6) is 0 Å². The van der Waals surface area contributed by atoms with E-state index in [1.54, 1.807) is 6.92 Å². The maximum atomic E-state index is 11.7. The van der Waals surface area contributed by atoms with Gasteiger partial charge in [-0.25, -0.2) is 0 Å². The highest BCUT2D eigenvalue weighted by Crippen LogP contribution is 2.43. The van der Waals surface area contributed by atoms with Crippen LogP contribution in [0.15, 0.2) is 0 Å². The first kappa shape index (κ1) is 14.7. The Balaban J connectivity index is 2.65. The minimum absolute atomic E-state index is 0.174. The number of carbonyl (C=O) groups is 1. The predicted molar refractivity (Wildman–Crippen MR) is 73.1 cm³/mol. The molecule has 0 radical (unpaired) electrons. The third kappa shape index (κ3) is 3.80. The molecule has 0 aromatic carbocycles. The third-order valence-electron chi connectivity index (χ3n) is 4.67. The summed E-state index contributed by atoms with van der Waals surface area (Å²) in [5.74, 6) is 1.08. The number of nitrogens with zero attached hydrogens (tertiary/aromatic N) is 1. The van der Waals surface area contributed by atoms with E-state index in [4.69, 9.17) is 0 Å². The van der Waals surface area contributed by atoms with Crippen LogP contribution in [0.1, 0.15) is 53.9 Å². The SMILES string of the molecule is CC(=O)C(C)(C)CC(C)(C)C1CCN(C)CC1. The number of ketones is 1. The average Bonchev–Trinajstić information content (AvgIpc) is 2.16. The highest BCUT2D eigenvalue weighted by molar-refractivity contribution is 5.81. The normalized spacial score (nSPS) is 20.6. The van der Waals surface area contributed by atoms with Gasteiger partial charge in [0.25, 0.3) is 0 Å². The van der Waals surface area contributed by atoms with E-state index in [1.165, 1.54) is 25.9 Å². The zero-order chi connectivity index (χ0) is 13.3. The predicted octanol–water partition coefficient (Wildman–Crippen LogP) is 3.36. The van der Waals surface area contributed by atoms with E-state index >= 15 is 0 Å². The molecule has 0 aromatic rings. The Bertz CT molecular complexity index is 273. The van der Waals surface area contributed by atoms with Gasteiger partial charge in [-0.15, -0.1) is 0 Å². The lowest BCUT2D eigenvalue weighted by Gasteiger charge is -2.43. The highest BCUT2D eigenvalue weighted by Gasteiger charge is 2.38. The summed E-state index contributed by atoms with van der Waals surface area (Å²) in [6.45, 7) is 13.0. The van der Waals surface area contributed by atoms with Crippen molar-refractivity contribution in [3.8, 4) is 0 Å². The molecule has 100 valence electrons. The van der Waals surface area contributed by atoms with Gasteiger partial charge in [-0.05, 0) is 57.7 Å². The molecule has 0 aromatic heterocycles. The molecule has 0 saturated carbocycles. The first-order chi connectivity index (χ1) is 7.65. The number of piperidine rings is 1. The summed E-state index contributed by atoms with van der Waals surface area (Å²) in [5.41, 5.74) is 0.100. The van der Waals surface area contributed by atoms with Gasteiger partial charge < -0.3 is 4.90 Å². The molecule has 1 saturated heterocycles. The van der Waals surface area contributed by atoms with Crippen molar-refractivity contribution in [2.24, 2.45) is 16.7 Å². The second-order valence-corrected chi connectivity index (χ2v) is 7.18. The summed E-state index contributed by atoms with van der Waals surface area (Å²) in [6.07, 6.45) is 3.55. The van der Waals surface area contributed by atoms with Crippen molar-refractivity contribution in [3.05, 3.63) is 0 Å². The fourth-order valence-corrected chi connectivity index (χ4v) is 3.20. The van der Waals surface area contributed by atoms with Gasteiger partial charge >= 0.3 is 0 Å². The first-order valence-electron chi connectivity index (χ1n) is 6.85. The Morgan fingerprint density at radius 2 is 1.65 bits per heavy atom. The van der Waals surface area contributed by atoms with E-state index in [2.05, 4.69) is 39.6 Å². The first-order valence-corrected chi connectivity index (χ1v) is 6.85. The van der Waals surface area contributed by atoms with Gasteiger partial charge in [0.05, 0.1) is 0 Å². The van der Waals surface area contributed by atoms with Gasteiger partial charge in [0, 0.05) is 5.41 Å². The number of Topliss-reactive ketones (excluding diaryl/α,β-unsaturated/α-hetero) is 1. The smallest absolute Gasteiger partial charge is 0.135 e. The third-order valence-corrected chi connectivity index (χ3v) is 4.67. The average molecular weight is 239 g/mol. The molecule has 2 nitrogen and oxygen atoms in total. The van der Waals surface area contributed by atoms with Crippen LogP contribution in [0, 0.1) is 16.7 Å². The topological polar surface area (TPSA) is 20.3 Å². The van der Waals surface area contributed by atoms with Gasteiger partial charge in [-0.3, -0.25) is 4.79 Å². The summed E-state index contributed by atoms with van der Waals surface area (Å²) < 4.78 is 0. The van der Waals surface area contributed by atoms with Gasteiger partial charge in [0.15, 0.2) is 0 Å². The maximum Gasteiger partial charge on any atom is 0.135 e. The van der Waals surface area contributed by atoms with Gasteiger partial charge in [-0.1, -0.05) is 27.7 Å². The molecule has 2 heteroatoms. The quantitative estimate of drug-likeness (QED) is 0.750. The summed E-state index contributed by atoms with van der Waals surface area (Å²) in [5, 5.41) is 0. The van der Waals surface area contributed by atoms with Crippen LogP contribution in [0.3, 0.4) is 0 Å². The number of hydrogen-bond donors (Lipinski definition) is 0. The summed E-state index contributed by atoms with van der Waals surface area (Å²) >= 11 is 0. The molecule has 1 fully saturated rings. The molecule has 17 heavy (non-hydrogen) atoms. The zero-order valence-corrected chi connectivity index (χ0v) is 12.5. The fourth-order valence-electron chi connectivity index (χ4n) is 3.20. The molecule has 0 aliphatic carbocycles. The molecule has 0 spiro atoms. The van der Waals surface area contributed by atoms with E-state index in [-0.39, 0.29) is 10.8 Å². The van der Waals surface area contributed by atoms with Crippen molar-refractivity contribution < 1.29 is 4.79 Å². The molecule has 1 rings (SSSR count). The molecule has 0 bridgehead atoms. The molecular weight excluding hydrogens is 210 g/mol. The summed E-state index contributed by atoms with van der Waals surface area (Å²) in [6, 6.07) is 0. The lowest BCUT2D eigenvalue weighted by atomic mass is 9.65. The van der Waals surface area contributed by atoms with E-state index in [0.717, 1.165) is 12.3 Å². The highest BCUT2D eigenvalue weighted by atomic mass is 16.1. The molecule has 1 heterocycles. The van der Waals surface area contributed by atoms with Crippen molar-refractivity contribution >= 4 is 5.78 Å². The van der Waals surface area contributed by atoms with Crippen molar-refractivity contribution in [1.29, 1.82) is 0 Å². The number of hydrogen-bond acceptors (Lipinski definition) is 2. The summed E-state index contributed by atoms with van der Waals surface area (Å²) in [4.78, 5) is 14.1. The van der Waals surface area contributed by atoms with E-state index in [1.807, 2.05) is 0 Å². The van der Waals surface area contributed by atoms with Crippen LogP contribution in [0.4, 0.5) is 0 Å². The zero-order valence-electron chi connectivity index (χ0n) is 12.5. The lowest BCUT2D eigenvalue weighted by Crippen LogP contribution is -2.40. The van der Waals surface area contributed by atoms with Gasteiger partial charge in [0.1, 0.15) is 5.78 Å². The standard InChI is InChI=1S/C15H29NO/c1-12(17)14(2,3)11-15(4,5)13-7-9-16(6)10-8-13/h13H,7-11H2,1-6H3. The minimum Gasteiger partial charge on any atom is -0.306 e. The van der Waals surface area contributed by atoms with Crippen molar-refractivity contribution in [1.82, 2.24) is 4.90 Å². The second-order valence-electron chi connectivity index (χ2n) is 7.18. The van der Waals surface area contributed by atoms with Crippen molar-refractivity contribution in [3.63, 3.8) is 0 Å². The monoisotopic (exact) mass is 239 g/mol. The van der Waals surface area contributed by atoms with Crippen LogP contribution < -0.4 is 0 Å². The van der Waals surface area contributed by atoms with Gasteiger partial charge in [0.2, 0.25) is 0 Å². The number of carbonyl (C=O) groups excluding carboxylic acids is 1. The molecule has 0 N–H and O–H groups in total. The Labute approximate surface area is 107 Å². The molecule has 1 aliphatic heterocycles.